The van der Waals surface area contributed by atoms with Crippen LogP contribution in [0.25, 0.3) is 0 Å². The standard InChI is InChI=1S/C14H21NO4S2/c1-4-11-5-6-12(14(16)17)7-13(11)21(18,19)15-8-10(2)9-20-3/h5-7,10,15H,4,8-9H2,1-3H3,(H,16,17). The van der Waals surface area contributed by atoms with Gasteiger partial charge in [0.25, 0.3) is 0 Å². The van der Waals surface area contributed by atoms with Gasteiger partial charge < -0.3 is 5.11 Å². The van der Waals surface area contributed by atoms with E-state index in [0.717, 1.165) is 5.75 Å². The maximum Gasteiger partial charge on any atom is 0.335 e. The Morgan fingerprint density at radius 1 is 1.43 bits per heavy atom. The molecular weight excluding hydrogens is 310 g/mol. The zero-order chi connectivity index (χ0) is 16.0. The van der Waals surface area contributed by atoms with Crippen molar-refractivity contribution in [2.24, 2.45) is 5.92 Å². The van der Waals surface area contributed by atoms with Crippen LogP contribution in [0.5, 0.6) is 0 Å². The summed E-state index contributed by atoms with van der Waals surface area (Å²) in [6.07, 6.45) is 2.49. The summed E-state index contributed by atoms with van der Waals surface area (Å²) < 4.78 is 27.3. The number of nitrogens with one attached hydrogen (secondary N) is 1. The van der Waals surface area contributed by atoms with Gasteiger partial charge in [-0.15, -0.1) is 0 Å². The Bertz CT molecular complexity index is 599. The van der Waals surface area contributed by atoms with Gasteiger partial charge >= 0.3 is 5.97 Å². The minimum Gasteiger partial charge on any atom is -0.478 e. The highest BCUT2D eigenvalue weighted by atomic mass is 32.2. The van der Waals surface area contributed by atoms with E-state index in [2.05, 4.69) is 4.72 Å². The van der Waals surface area contributed by atoms with Crippen LogP contribution in [0.2, 0.25) is 0 Å². The van der Waals surface area contributed by atoms with Crippen molar-refractivity contribution in [3.8, 4) is 0 Å². The molecule has 2 N–H and O–H groups in total. The predicted octanol–water partition coefficient (Wildman–Crippen LogP) is 2.22. The van der Waals surface area contributed by atoms with E-state index in [-0.39, 0.29) is 16.4 Å². The molecule has 0 aromatic heterocycles. The molecule has 1 unspecified atom stereocenters. The van der Waals surface area contributed by atoms with E-state index in [1.807, 2.05) is 20.1 Å². The molecule has 7 heteroatoms. The van der Waals surface area contributed by atoms with Gasteiger partial charge in [0, 0.05) is 6.54 Å². The maximum atomic E-state index is 12.4. The van der Waals surface area contributed by atoms with Crippen LogP contribution < -0.4 is 4.72 Å². The Hall–Kier alpha value is -1.05. The number of benzene rings is 1. The summed E-state index contributed by atoms with van der Waals surface area (Å²) in [6, 6.07) is 4.21. The Labute approximate surface area is 130 Å². The fourth-order valence-electron chi connectivity index (χ4n) is 1.90. The second kappa shape index (κ2) is 7.82. The van der Waals surface area contributed by atoms with Crippen LogP contribution in [0.4, 0.5) is 0 Å². The molecule has 1 aromatic carbocycles. The first kappa shape index (κ1) is 18.0. The minimum absolute atomic E-state index is 0.0234. The van der Waals surface area contributed by atoms with E-state index in [1.54, 1.807) is 17.8 Å². The van der Waals surface area contributed by atoms with Gasteiger partial charge in [0.1, 0.15) is 0 Å². The first-order valence-electron chi connectivity index (χ1n) is 6.66. The lowest BCUT2D eigenvalue weighted by Gasteiger charge is -2.14. The van der Waals surface area contributed by atoms with Crippen LogP contribution in [-0.4, -0.2) is 38.0 Å². The average molecular weight is 331 g/mol. The summed E-state index contributed by atoms with van der Waals surface area (Å²) in [6.45, 7) is 4.14. The molecule has 0 radical (unpaired) electrons. The Balaban J connectivity index is 3.05. The molecule has 1 aromatic rings. The van der Waals surface area contributed by atoms with Gasteiger partial charge in [0.15, 0.2) is 0 Å². The molecule has 0 amide bonds. The predicted molar refractivity (Wildman–Crippen MR) is 85.5 cm³/mol. The van der Waals surface area contributed by atoms with E-state index < -0.39 is 16.0 Å². The lowest BCUT2D eigenvalue weighted by molar-refractivity contribution is 0.0696. The molecule has 118 valence electrons. The Morgan fingerprint density at radius 2 is 2.10 bits per heavy atom. The quantitative estimate of drug-likeness (QED) is 0.763. The average Bonchev–Trinajstić information content (AvgIpc) is 2.44. The summed E-state index contributed by atoms with van der Waals surface area (Å²) >= 11 is 1.66. The van der Waals surface area contributed by atoms with E-state index in [0.29, 0.717) is 18.5 Å². The van der Waals surface area contributed by atoms with Crippen LogP contribution in [0.3, 0.4) is 0 Å². The third-order valence-electron chi connectivity index (χ3n) is 3.06. The van der Waals surface area contributed by atoms with E-state index in [1.165, 1.54) is 12.1 Å². The molecule has 0 aliphatic rings. The number of hydrogen-bond donors (Lipinski definition) is 2. The van der Waals surface area contributed by atoms with Gasteiger partial charge in [-0.05, 0) is 42.0 Å². The van der Waals surface area contributed by atoms with Crippen molar-refractivity contribution in [3.63, 3.8) is 0 Å². The lowest BCUT2D eigenvalue weighted by Crippen LogP contribution is -2.30. The minimum atomic E-state index is -3.70. The first-order valence-corrected chi connectivity index (χ1v) is 9.54. The summed E-state index contributed by atoms with van der Waals surface area (Å²) in [7, 11) is -3.70. The number of thioether (sulfide) groups is 1. The number of carboxylic acid groups (broad SMARTS) is 1. The summed E-state index contributed by atoms with van der Waals surface area (Å²) in [5, 5.41) is 9.01. The summed E-state index contributed by atoms with van der Waals surface area (Å²) in [5.41, 5.74) is 0.592. The third-order valence-corrected chi connectivity index (χ3v) is 5.47. The zero-order valence-electron chi connectivity index (χ0n) is 12.4. The fourth-order valence-corrected chi connectivity index (χ4v) is 4.09. The Morgan fingerprint density at radius 3 is 2.62 bits per heavy atom. The normalized spacial score (nSPS) is 13.1. The van der Waals surface area contributed by atoms with E-state index in [9.17, 15) is 13.2 Å². The molecule has 0 fully saturated rings. The summed E-state index contributed by atoms with van der Waals surface area (Å²) in [4.78, 5) is 11.1. The highest BCUT2D eigenvalue weighted by Gasteiger charge is 2.20. The lowest BCUT2D eigenvalue weighted by atomic mass is 10.1. The molecule has 5 nitrogen and oxygen atoms in total. The number of rotatable bonds is 8. The van der Waals surface area contributed by atoms with Gasteiger partial charge in [-0.2, -0.15) is 11.8 Å². The van der Waals surface area contributed by atoms with Crippen LogP contribution >= 0.6 is 11.8 Å². The van der Waals surface area contributed by atoms with Gasteiger partial charge in [0.05, 0.1) is 10.5 Å². The van der Waals surface area contributed by atoms with Crippen molar-refractivity contribution in [1.29, 1.82) is 0 Å². The number of aromatic carboxylic acids is 1. The van der Waals surface area contributed by atoms with Crippen molar-refractivity contribution < 1.29 is 18.3 Å². The molecule has 1 rings (SSSR count). The number of carbonyl (C=O) groups is 1. The molecule has 0 spiro atoms. The fraction of sp³-hybridized carbons (Fsp3) is 0.500. The molecule has 0 saturated heterocycles. The number of sulfonamides is 1. The maximum absolute atomic E-state index is 12.4. The van der Waals surface area contributed by atoms with Crippen molar-refractivity contribution >= 4 is 27.8 Å². The SMILES string of the molecule is CCc1ccc(C(=O)O)cc1S(=O)(=O)NCC(C)CSC. The molecule has 0 bridgehead atoms. The van der Waals surface area contributed by atoms with Gasteiger partial charge in [-0.25, -0.2) is 17.9 Å². The number of hydrogen-bond acceptors (Lipinski definition) is 4. The highest BCUT2D eigenvalue weighted by Crippen LogP contribution is 2.19. The second-order valence-corrected chi connectivity index (χ2v) is 7.54. The molecule has 0 heterocycles. The number of aryl methyl sites for hydroxylation is 1. The van der Waals surface area contributed by atoms with Gasteiger partial charge in [-0.3, -0.25) is 0 Å². The second-order valence-electron chi connectivity index (χ2n) is 4.89. The zero-order valence-corrected chi connectivity index (χ0v) is 14.1. The molecule has 0 saturated carbocycles. The van der Waals surface area contributed by atoms with Gasteiger partial charge in [0.2, 0.25) is 10.0 Å². The van der Waals surface area contributed by atoms with Crippen molar-refractivity contribution in [2.45, 2.75) is 25.2 Å². The molecule has 21 heavy (non-hydrogen) atoms. The van der Waals surface area contributed by atoms with Crippen molar-refractivity contribution in [2.75, 3.05) is 18.6 Å². The first-order chi connectivity index (χ1) is 9.81. The smallest absolute Gasteiger partial charge is 0.335 e. The monoisotopic (exact) mass is 331 g/mol. The van der Waals surface area contributed by atoms with E-state index >= 15 is 0 Å². The molecule has 0 aliphatic heterocycles. The topological polar surface area (TPSA) is 83.5 Å². The third kappa shape index (κ3) is 5.01. The van der Waals surface area contributed by atoms with Crippen LogP contribution in [0, 0.1) is 5.92 Å². The molecule has 1 atom stereocenters. The van der Waals surface area contributed by atoms with Crippen LogP contribution in [-0.2, 0) is 16.4 Å². The van der Waals surface area contributed by atoms with Crippen molar-refractivity contribution in [1.82, 2.24) is 4.72 Å². The highest BCUT2D eigenvalue weighted by molar-refractivity contribution is 7.98. The molecule has 0 aliphatic carbocycles. The van der Waals surface area contributed by atoms with E-state index in [4.69, 9.17) is 5.11 Å². The molecular formula is C14H21NO4S2. The van der Waals surface area contributed by atoms with Gasteiger partial charge in [-0.1, -0.05) is 19.9 Å². The van der Waals surface area contributed by atoms with Crippen LogP contribution in [0.1, 0.15) is 29.8 Å². The summed E-state index contributed by atoms with van der Waals surface area (Å²) in [5.74, 6) is -0.0643. The number of carboxylic acids is 1. The van der Waals surface area contributed by atoms with Crippen LogP contribution in [0.15, 0.2) is 23.1 Å². The largest absolute Gasteiger partial charge is 0.478 e. The van der Waals surface area contributed by atoms with Crippen molar-refractivity contribution in [3.05, 3.63) is 29.3 Å². The Kier molecular flexibility index (Phi) is 6.70.